The van der Waals surface area contributed by atoms with Gasteiger partial charge in [0.25, 0.3) is 0 Å². The predicted octanol–water partition coefficient (Wildman–Crippen LogP) is 8.28. The molecule has 0 N–H and O–H groups in total. The Hall–Kier alpha value is -1.58. The fraction of sp³-hybridized carbons (Fsp3) is 0.951. The highest BCUT2D eigenvalue weighted by molar-refractivity contribution is 5.69. The van der Waals surface area contributed by atoms with E-state index in [1.54, 1.807) is 4.90 Å². The lowest BCUT2D eigenvalue weighted by Gasteiger charge is -2.60. The summed E-state index contributed by atoms with van der Waals surface area (Å²) >= 11 is 0. The van der Waals surface area contributed by atoms with Crippen LogP contribution in [-0.4, -0.2) is 91.1 Å². The quantitative estimate of drug-likeness (QED) is 0.285. The summed E-state index contributed by atoms with van der Waals surface area (Å²) in [6, 6.07) is 0. The molecule has 5 saturated carbocycles. The van der Waals surface area contributed by atoms with Crippen LogP contribution in [0.1, 0.15) is 127 Å². The van der Waals surface area contributed by atoms with Crippen LogP contribution in [0, 0.1) is 51.2 Å². The third-order valence-electron chi connectivity index (χ3n) is 15.9. The van der Waals surface area contributed by atoms with E-state index in [0.717, 1.165) is 44.2 Å². The molecule has 9 nitrogen and oxygen atoms in total. The van der Waals surface area contributed by atoms with E-state index in [4.69, 9.17) is 23.7 Å². The Kier molecular flexibility index (Phi) is 8.67. The standard InChI is InChI=1S/C41H66N2O7.H2/c1-25(2)34(49-35(44)42-18-9-19-42)29-12-10-27-30(47-29)22-28-26-11-13-31-38(6,7)32(14-15-41(31)24-40(26,41)17-16-39(27,28)8)48-33-23-43(20-21-46-33)36(45)50-37(3,4)5;/h25-34H,9-24H2,1-8H3;1H/t26?,27?,28?,29?,30?,31?,32-,33?,34+,39+,40-,41+;/m0./s1. The first-order valence-electron chi connectivity index (χ1n) is 20.4. The number of hydrogen-bond donors (Lipinski definition) is 0. The summed E-state index contributed by atoms with van der Waals surface area (Å²) in [6.45, 7) is 20.7. The van der Waals surface area contributed by atoms with Crippen LogP contribution in [0.2, 0.25) is 0 Å². The molecular weight excluding hydrogens is 632 g/mol. The van der Waals surface area contributed by atoms with Gasteiger partial charge >= 0.3 is 12.2 Å². The molecule has 0 aromatic carbocycles. The highest BCUT2D eigenvalue weighted by atomic mass is 16.7. The highest BCUT2D eigenvalue weighted by Crippen LogP contribution is 2.87. The highest BCUT2D eigenvalue weighted by Gasteiger charge is 2.80. The number of carbonyl (C=O) groups excluding carboxylic acids is 2. The van der Waals surface area contributed by atoms with Crippen LogP contribution in [-0.2, 0) is 23.7 Å². The van der Waals surface area contributed by atoms with Crippen LogP contribution in [0.5, 0.6) is 0 Å². The van der Waals surface area contributed by atoms with Crippen LogP contribution >= 0.6 is 0 Å². The van der Waals surface area contributed by atoms with Gasteiger partial charge in [0.1, 0.15) is 11.7 Å². The molecule has 5 aliphatic carbocycles. The second kappa shape index (κ2) is 12.2. The normalized spacial score (nSPS) is 45.2. The van der Waals surface area contributed by atoms with Gasteiger partial charge in [0.2, 0.25) is 0 Å². The van der Waals surface area contributed by atoms with E-state index in [9.17, 15) is 9.59 Å². The van der Waals surface area contributed by atoms with Gasteiger partial charge in [-0.2, -0.15) is 0 Å². The van der Waals surface area contributed by atoms with Crippen LogP contribution in [0.4, 0.5) is 9.59 Å². The van der Waals surface area contributed by atoms with Crippen LogP contribution in [0.25, 0.3) is 0 Å². The summed E-state index contributed by atoms with van der Waals surface area (Å²) in [7, 11) is 0. The summed E-state index contributed by atoms with van der Waals surface area (Å²) in [5.74, 6) is 3.01. The van der Waals surface area contributed by atoms with Crippen LogP contribution < -0.4 is 0 Å². The summed E-state index contributed by atoms with van der Waals surface area (Å²) < 4.78 is 31.8. The number of morpholine rings is 1. The third kappa shape index (κ3) is 5.54. The van der Waals surface area contributed by atoms with Gasteiger partial charge in [0.05, 0.1) is 31.5 Å². The number of carbonyl (C=O) groups is 2. The number of likely N-dealkylation sites (tertiary alicyclic amines) is 1. The molecule has 0 radical (unpaired) electrons. The van der Waals surface area contributed by atoms with Gasteiger partial charge in [0, 0.05) is 21.1 Å². The molecular formula is C41H68N2O7. The molecule has 2 amide bonds. The van der Waals surface area contributed by atoms with E-state index in [-0.39, 0.29) is 49.4 Å². The average Bonchev–Trinajstić information content (AvgIpc) is 3.59. The molecule has 0 aromatic rings. The van der Waals surface area contributed by atoms with Crippen molar-refractivity contribution in [3.63, 3.8) is 0 Å². The van der Waals surface area contributed by atoms with Crippen molar-refractivity contribution in [3.05, 3.63) is 0 Å². The molecule has 8 fully saturated rings. The minimum atomic E-state index is -0.520. The number of ether oxygens (including phenoxy) is 5. The van der Waals surface area contributed by atoms with Crippen molar-refractivity contribution in [3.8, 4) is 0 Å². The van der Waals surface area contributed by atoms with Gasteiger partial charge in [-0.25, -0.2) is 9.59 Å². The average molecular weight is 701 g/mol. The molecule has 50 heavy (non-hydrogen) atoms. The Morgan fingerprint density at radius 2 is 1.62 bits per heavy atom. The lowest BCUT2D eigenvalue weighted by molar-refractivity contribution is -0.243. The maximum Gasteiger partial charge on any atom is 0.410 e. The molecule has 8 rings (SSSR count). The van der Waals surface area contributed by atoms with E-state index < -0.39 is 11.9 Å². The van der Waals surface area contributed by atoms with Crippen molar-refractivity contribution in [2.75, 3.05) is 32.8 Å². The predicted molar refractivity (Wildman–Crippen MR) is 191 cm³/mol. The monoisotopic (exact) mass is 701 g/mol. The number of rotatable bonds is 5. The third-order valence-corrected chi connectivity index (χ3v) is 15.9. The summed E-state index contributed by atoms with van der Waals surface area (Å²) in [4.78, 5) is 29.3. The summed E-state index contributed by atoms with van der Waals surface area (Å²) in [5, 5.41) is 0. The zero-order valence-electron chi connectivity index (χ0n) is 32.3. The molecule has 3 saturated heterocycles. The second-order valence-electron chi connectivity index (χ2n) is 20.1. The van der Waals surface area contributed by atoms with Gasteiger partial charge in [-0.15, -0.1) is 0 Å². The molecule has 284 valence electrons. The lowest BCUT2D eigenvalue weighted by atomic mass is 9.46. The van der Waals surface area contributed by atoms with Crippen molar-refractivity contribution in [1.29, 1.82) is 0 Å². The summed E-state index contributed by atoms with van der Waals surface area (Å²) in [5.41, 5.74) is 0.773. The Bertz CT molecular complexity index is 1330. The van der Waals surface area contributed by atoms with E-state index >= 15 is 0 Å². The SMILES string of the molecule is CC(C)[C@@H](OC(=O)N1CCC1)C1CCC2C(CC3C4CCC5C(C)(C)[C@@H](OC6CN(C(=O)OC(C)(C)C)CCO6)CC[C@@]56C[C@@]46CC[C@]23C)O1.[HH]. The molecule has 12 atom stereocenters. The molecule has 3 aliphatic heterocycles. The van der Waals surface area contributed by atoms with E-state index in [1.165, 1.54) is 51.4 Å². The van der Waals surface area contributed by atoms with Crippen LogP contribution in [0.15, 0.2) is 0 Å². The zero-order chi connectivity index (χ0) is 35.4. The lowest BCUT2D eigenvalue weighted by Crippen LogP contribution is -2.56. The fourth-order valence-electron chi connectivity index (χ4n) is 13.4. The van der Waals surface area contributed by atoms with E-state index in [0.29, 0.717) is 47.8 Å². The van der Waals surface area contributed by atoms with Crippen molar-refractivity contribution in [2.24, 2.45) is 51.2 Å². The fourth-order valence-corrected chi connectivity index (χ4v) is 13.4. The maximum atomic E-state index is 12.8. The molecule has 9 heteroatoms. The van der Waals surface area contributed by atoms with E-state index in [1.807, 2.05) is 25.7 Å². The maximum absolute atomic E-state index is 12.8. The first-order valence-corrected chi connectivity index (χ1v) is 20.4. The van der Waals surface area contributed by atoms with Crippen molar-refractivity contribution in [2.45, 2.75) is 162 Å². The van der Waals surface area contributed by atoms with Gasteiger partial charge in [-0.05, 0) is 143 Å². The second-order valence-corrected chi connectivity index (χ2v) is 20.1. The number of amides is 2. The van der Waals surface area contributed by atoms with Gasteiger partial charge in [0.15, 0.2) is 6.29 Å². The molecule has 0 bridgehead atoms. The number of nitrogens with zero attached hydrogens (tertiary/aromatic N) is 2. The minimum Gasteiger partial charge on any atom is -0.444 e. The smallest absolute Gasteiger partial charge is 0.410 e. The molecule has 8 aliphatic rings. The minimum absolute atomic E-state index is 0. The molecule has 3 heterocycles. The van der Waals surface area contributed by atoms with Gasteiger partial charge < -0.3 is 33.5 Å². The van der Waals surface area contributed by atoms with Gasteiger partial charge in [-0.3, -0.25) is 0 Å². The van der Waals surface area contributed by atoms with Crippen molar-refractivity contribution < 1.29 is 34.7 Å². The Morgan fingerprint density at radius 1 is 0.860 bits per heavy atom. The Balaban J connectivity index is 0.00000406. The topological polar surface area (TPSA) is 86.8 Å². The largest absolute Gasteiger partial charge is 0.444 e. The number of fused-ring (bicyclic) bond motifs is 4. The van der Waals surface area contributed by atoms with Gasteiger partial charge in [-0.1, -0.05) is 34.6 Å². The number of hydrogen-bond acceptors (Lipinski definition) is 7. The van der Waals surface area contributed by atoms with Crippen LogP contribution in [0.3, 0.4) is 0 Å². The first-order chi connectivity index (χ1) is 23.6. The van der Waals surface area contributed by atoms with E-state index in [2.05, 4.69) is 34.6 Å². The van der Waals surface area contributed by atoms with Crippen molar-refractivity contribution in [1.82, 2.24) is 9.80 Å². The Morgan fingerprint density at radius 3 is 2.32 bits per heavy atom. The Labute approximate surface area is 302 Å². The van der Waals surface area contributed by atoms with Crippen molar-refractivity contribution >= 4 is 12.2 Å². The first kappa shape index (κ1) is 35.4. The molecule has 7 unspecified atom stereocenters. The molecule has 2 spiro atoms. The zero-order valence-corrected chi connectivity index (χ0v) is 32.3. The molecule has 0 aromatic heterocycles. The summed E-state index contributed by atoms with van der Waals surface area (Å²) in [6.07, 6.45) is 12.8.